The van der Waals surface area contributed by atoms with Gasteiger partial charge in [0, 0.05) is 10.5 Å². The first-order chi connectivity index (χ1) is 9.47. The van der Waals surface area contributed by atoms with Crippen molar-refractivity contribution in [1.82, 2.24) is 0 Å². The van der Waals surface area contributed by atoms with Crippen molar-refractivity contribution in [3.8, 4) is 0 Å². The van der Waals surface area contributed by atoms with E-state index in [2.05, 4.69) is 0 Å². The number of thioether (sulfide) groups is 1. The molecule has 0 atom stereocenters. The molecule has 1 nitrogen and oxygen atoms in total. The number of Topliss-reactive ketones (excluding diaryl/α,β-unsaturated/α-hetero) is 1. The number of hydrogen-bond acceptors (Lipinski definition) is 2. The maximum absolute atomic E-state index is 13.4. The van der Waals surface area contributed by atoms with Crippen LogP contribution in [0.2, 0.25) is 10.0 Å². The van der Waals surface area contributed by atoms with Crippen molar-refractivity contribution in [2.75, 3.05) is 5.75 Å². The second-order valence-electron chi connectivity index (χ2n) is 3.92. The van der Waals surface area contributed by atoms with Gasteiger partial charge in [-0.3, -0.25) is 4.79 Å². The predicted molar refractivity (Wildman–Crippen MR) is 77.9 cm³/mol. The van der Waals surface area contributed by atoms with Crippen molar-refractivity contribution in [3.63, 3.8) is 0 Å². The highest BCUT2D eigenvalue weighted by atomic mass is 35.5. The number of ketones is 1. The summed E-state index contributed by atoms with van der Waals surface area (Å²) in [7, 11) is 0. The second kappa shape index (κ2) is 6.57. The van der Waals surface area contributed by atoms with E-state index in [9.17, 15) is 13.6 Å². The zero-order chi connectivity index (χ0) is 14.7. The van der Waals surface area contributed by atoms with Gasteiger partial charge in [-0.1, -0.05) is 23.2 Å². The number of halogens is 4. The summed E-state index contributed by atoms with van der Waals surface area (Å²) in [5, 5.41) is 0.631. The minimum absolute atomic E-state index is 0.0155. The van der Waals surface area contributed by atoms with Crippen molar-refractivity contribution < 1.29 is 13.6 Å². The molecule has 0 saturated carbocycles. The van der Waals surface area contributed by atoms with Crippen molar-refractivity contribution in [3.05, 3.63) is 63.6 Å². The molecule has 104 valence electrons. The van der Waals surface area contributed by atoms with E-state index in [1.807, 2.05) is 0 Å². The first-order valence-corrected chi connectivity index (χ1v) is 7.27. The average molecular weight is 333 g/mol. The summed E-state index contributed by atoms with van der Waals surface area (Å²) in [6.45, 7) is 0. The standard InChI is InChI=1S/C14H8Cl2F2OS/c15-10-3-1-8(5-11(10)16)13(19)7-20-14-6-9(17)2-4-12(14)18/h1-6H,7H2. The molecule has 0 aromatic heterocycles. The summed E-state index contributed by atoms with van der Waals surface area (Å²) < 4.78 is 26.4. The minimum Gasteiger partial charge on any atom is -0.293 e. The van der Waals surface area contributed by atoms with E-state index in [0.717, 1.165) is 30.0 Å². The lowest BCUT2D eigenvalue weighted by atomic mass is 10.1. The van der Waals surface area contributed by atoms with Gasteiger partial charge in [-0.2, -0.15) is 0 Å². The zero-order valence-electron chi connectivity index (χ0n) is 10.00. The molecule has 0 saturated heterocycles. The van der Waals surface area contributed by atoms with Crippen LogP contribution in [0.1, 0.15) is 10.4 Å². The number of benzene rings is 2. The Morgan fingerprint density at radius 3 is 2.50 bits per heavy atom. The summed E-state index contributed by atoms with van der Waals surface area (Å²) in [6.07, 6.45) is 0. The van der Waals surface area contributed by atoms with Crippen molar-refractivity contribution in [2.24, 2.45) is 0 Å². The third-order valence-corrected chi connectivity index (χ3v) is 4.26. The fourth-order valence-electron chi connectivity index (χ4n) is 1.48. The number of hydrogen-bond donors (Lipinski definition) is 0. The summed E-state index contributed by atoms with van der Waals surface area (Å²) in [6, 6.07) is 7.63. The van der Waals surface area contributed by atoms with Gasteiger partial charge in [0.25, 0.3) is 0 Å². The zero-order valence-corrected chi connectivity index (χ0v) is 12.3. The fraction of sp³-hybridized carbons (Fsp3) is 0.0714. The summed E-state index contributed by atoms with van der Waals surface area (Å²) in [4.78, 5) is 12.0. The Morgan fingerprint density at radius 2 is 1.80 bits per heavy atom. The monoisotopic (exact) mass is 332 g/mol. The van der Waals surface area contributed by atoms with Gasteiger partial charge in [-0.25, -0.2) is 8.78 Å². The van der Waals surface area contributed by atoms with Crippen LogP contribution < -0.4 is 0 Å². The predicted octanol–water partition coefficient (Wildman–Crippen LogP) is 5.25. The van der Waals surface area contributed by atoms with E-state index in [0.29, 0.717) is 10.6 Å². The average Bonchev–Trinajstić information content (AvgIpc) is 2.42. The molecule has 2 aromatic carbocycles. The Labute approximate surface area is 128 Å². The largest absolute Gasteiger partial charge is 0.293 e. The molecule has 20 heavy (non-hydrogen) atoms. The summed E-state index contributed by atoms with van der Waals surface area (Å²) in [5.74, 6) is -1.36. The van der Waals surface area contributed by atoms with Gasteiger partial charge in [0.05, 0.1) is 15.8 Å². The van der Waals surface area contributed by atoms with Gasteiger partial charge >= 0.3 is 0 Å². The van der Waals surface area contributed by atoms with Crippen LogP contribution in [0.3, 0.4) is 0 Å². The van der Waals surface area contributed by atoms with Crippen LogP contribution in [0.4, 0.5) is 8.78 Å². The third-order valence-electron chi connectivity index (χ3n) is 2.49. The molecule has 0 bridgehead atoms. The molecule has 6 heteroatoms. The second-order valence-corrected chi connectivity index (χ2v) is 5.75. The Kier molecular flexibility index (Phi) is 5.02. The molecule has 0 unspecified atom stereocenters. The molecule has 0 heterocycles. The van der Waals surface area contributed by atoms with E-state index >= 15 is 0 Å². The minimum atomic E-state index is -0.557. The van der Waals surface area contributed by atoms with Crippen molar-refractivity contribution in [2.45, 2.75) is 4.90 Å². The van der Waals surface area contributed by atoms with Crippen LogP contribution in [0.25, 0.3) is 0 Å². The highest BCUT2D eigenvalue weighted by molar-refractivity contribution is 8.00. The normalized spacial score (nSPS) is 10.6. The summed E-state index contributed by atoms with van der Waals surface area (Å²) >= 11 is 12.5. The van der Waals surface area contributed by atoms with Crippen LogP contribution in [-0.4, -0.2) is 11.5 Å². The van der Waals surface area contributed by atoms with Crippen LogP contribution in [0.15, 0.2) is 41.3 Å². The number of rotatable bonds is 4. The molecule has 0 aliphatic carbocycles. The molecular weight excluding hydrogens is 325 g/mol. The smallest absolute Gasteiger partial charge is 0.173 e. The first kappa shape index (κ1) is 15.3. The van der Waals surface area contributed by atoms with Gasteiger partial charge in [0.2, 0.25) is 0 Å². The van der Waals surface area contributed by atoms with E-state index in [4.69, 9.17) is 23.2 Å². The quantitative estimate of drug-likeness (QED) is 0.562. The van der Waals surface area contributed by atoms with Gasteiger partial charge in [-0.15, -0.1) is 11.8 Å². The van der Waals surface area contributed by atoms with Gasteiger partial charge in [-0.05, 0) is 36.4 Å². The molecule has 0 aliphatic heterocycles. The highest BCUT2D eigenvalue weighted by Gasteiger charge is 2.11. The molecule has 0 aliphatic rings. The van der Waals surface area contributed by atoms with Gasteiger partial charge in [0.15, 0.2) is 5.78 Å². The maximum atomic E-state index is 13.4. The Morgan fingerprint density at radius 1 is 1.05 bits per heavy atom. The molecule has 0 spiro atoms. The molecule has 2 rings (SSSR count). The van der Waals surface area contributed by atoms with Gasteiger partial charge < -0.3 is 0 Å². The lowest BCUT2D eigenvalue weighted by Gasteiger charge is -2.04. The van der Waals surface area contributed by atoms with E-state index in [1.165, 1.54) is 12.1 Å². The SMILES string of the molecule is O=C(CSc1cc(F)ccc1F)c1ccc(Cl)c(Cl)c1. The lowest BCUT2D eigenvalue weighted by molar-refractivity contribution is 0.102. The topological polar surface area (TPSA) is 17.1 Å². The molecule has 0 amide bonds. The maximum Gasteiger partial charge on any atom is 0.173 e. The number of carbonyl (C=O) groups excluding carboxylic acids is 1. The van der Waals surface area contributed by atoms with Crippen LogP contribution in [0.5, 0.6) is 0 Å². The van der Waals surface area contributed by atoms with Crippen LogP contribution in [0, 0.1) is 11.6 Å². The molecule has 0 N–H and O–H groups in total. The Bertz CT molecular complexity index is 662. The third kappa shape index (κ3) is 3.72. The molecule has 2 aromatic rings. The van der Waals surface area contributed by atoms with E-state index < -0.39 is 11.6 Å². The van der Waals surface area contributed by atoms with Gasteiger partial charge in [0.1, 0.15) is 11.6 Å². The molecule has 0 radical (unpaired) electrons. The number of carbonyl (C=O) groups is 1. The Hall–Kier alpha value is -1.10. The Balaban J connectivity index is 2.08. The lowest BCUT2D eigenvalue weighted by Crippen LogP contribution is -2.02. The fourth-order valence-corrected chi connectivity index (χ4v) is 2.64. The van der Waals surface area contributed by atoms with E-state index in [-0.39, 0.29) is 21.5 Å². The highest BCUT2D eigenvalue weighted by Crippen LogP contribution is 2.26. The molecule has 0 fully saturated rings. The van der Waals surface area contributed by atoms with Crippen LogP contribution >= 0.6 is 35.0 Å². The summed E-state index contributed by atoms with van der Waals surface area (Å²) in [5.41, 5.74) is 0.378. The van der Waals surface area contributed by atoms with Crippen LogP contribution in [-0.2, 0) is 0 Å². The first-order valence-electron chi connectivity index (χ1n) is 5.53. The molecular formula is C14H8Cl2F2OS. The van der Waals surface area contributed by atoms with Crippen molar-refractivity contribution in [1.29, 1.82) is 0 Å². The van der Waals surface area contributed by atoms with E-state index in [1.54, 1.807) is 6.07 Å². The van der Waals surface area contributed by atoms with Crippen molar-refractivity contribution >= 4 is 40.7 Å².